The number of alkyl halides is 3. The molecule has 0 amide bonds. The molecule has 4 heteroatoms. The largest absolute Gasteiger partial charge is 0.493 e. The van der Waals surface area contributed by atoms with Gasteiger partial charge in [0.2, 0.25) is 0 Å². The molecular formula is C9H9BrF2O. The monoisotopic (exact) mass is 250 g/mol. The minimum atomic E-state index is -3.03. The van der Waals surface area contributed by atoms with E-state index in [1.807, 2.05) is 0 Å². The summed E-state index contributed by atoms with van der Waals surface area (Å²) < 4.78 is 30.8. The highest BCUT2D eigenvalue weighted by Gasteiger charge is 2.30. The summed E-state index contributed by atoms with van der Waals surface area (Å²) >= 11 is 2.29. The number of benzene rings is 1. The van der Waals surface area contributed by atoms with E-state index in [-0.39, 0.29) is 11.3 Å². The Labute approximate surface area is 83.8 Å². The van der Waals surface area contributed by atoms with Gasteiger partial charge in [0.15, 0.2) is 0 Å². The molecule has 1 nitrogen and oxygen atoms in total. The number of halogens is 3. The van der Waals surface area contributed by atoms with E-state index >= 15 is 0 Å². The van der Waals surface area contributed by atoms with Crippen molar-refractivity contribution < 1.29 is 13.5 Å². The number of ether oxygens (including phenoxy) is 1. The van der Waals surface area contributed by atoms with Crippen LogP contribution in [0.15, 0.2) is 24.3 Å². The third-order valence-corrected chi connectivity index (χ3v) is 1.92. The predicted octanol–water partition coefficient (Wildman–Crippen LogP) is 3.53. The van der Waals surface area contributed by atoms with Crippen LogP contribution in [0.5, 0.6) is 5.75 Å². The lowest BCUT2D eigenvalue weighted by Gasteiger charge is -2.13. The molecule has 72 valence electrons. The molecule has 0 saturated carbocycles. The Hall–Kier alpha value is -0.640. The van der Waals surface area contributed by atoms with Gasteiger partial charge in [-0.1, -0.05) is 12.1 Å². The molecule has 0 spiro atoms. The number of hydrogen-bond acceptors (Lipinski definition) is 1. The maximum atomic E-state index is 12.9. The van der Waals surface area contributed by atoms with Gasteiger partial charge in [-0.05, 0) is 35.0 Å². The summed E-state index contributed by atoms with van der Waals surface area (Å²) in [5.74, 6) is 0.215. The normalized spacial score (nSPS) is 11.4. The standard InChI is InChI=1S/C9H9BrF2O/c1-2-13-8-6-4-3-5-7(8)9(10,11)12/h3-6H,2H2,1H3. The molecule has 0 aliphatic rings. The van der Waals surface area contributed by atoms with Crippen molar-refractivity contribution >= 4 is 15.9 Å². The lowest BCUT2D eigenvalue weighted by atomic mass is 10.2. The second-order valence-corrected chi connectivity index (χ2v) is 3.42. The van der Waals surface area contributed by atoms with Gasteiger partial charge in [-0.15, -0.1) is 0 Å². The highest BCUT2D eigenvalue weighted by atomic mass is 79.9. The van der Waals surface area contributed by atoms with Crippen molar-refractivity contribution in [2.75, 3.05) is 6.61 Å². The Morgan fingerprint density at radius 2 is 2.00 bits per heavy atom. The Morgan fingerprint density at radius 1 is 1.38 bits per heavy atom. The minimum absolute atomic E-state index is 0.142. The smallest absolute Gasteiger partial charge is 0.330 e. The van der Waals surface area contributed by atoms with Crippen LogP contribution in [0.25, 0.3) is 0 Å². The summed E-state index contributed by atoms with van der Waals surface area (Å²) in [7, 11) is 0. The van der Waals surface area contributed by atoms with Crippen molar-refractivity contribution in [2.24, 2.45) is 0 Å². The van der Waals surface area contributed by atoms with Crippen LogP contribution >= 0.6 is 15.9 Å². The van der Waals surface area contributed by atoms with E-state index in [2.05, 4.69) is 15.9 Å². The maximum Gasteiger partial charge on any atom is 0.330 e. The van der Waals surface area contributed by atoms with E-state index in [1.165, 1.54) is 12.1 Å². The first-order valence-electron chi connectivity index (χ1n) is 3.84. The van der Waals surface area contributed by atoms with Crippen LogP contribution in [0.4, 0.5) is 8.78 Å². The molecule has 0 N–H and O–H groups in total. The molecular weight excluding hydrogens is 242 g/mol. The maximum absolute atomic E-state index is 12.9. The van der Waals surface area contributed by atoms with Gasteiger partial charge in [-0.2, -0.15) is 8.78 Å². The van der Waals surface area contributed by atoms with Crippen LogP contribution in [0.3, 0.4) is 0 Å². The molecule has 1 rings (SSSR count). The van der Waals surface area contributed by atoms with E-state index in [0.717, 1.165) is 0 Å². The summed E-state index contributed by atoms with van der Waals surface area (Å²) in [4.78, 5) is -3.03. The van der Waals surface area contributed by atoms with Crippen LogP contribution < -0.4 is 4.74 Å². The first kappa shape index (κ1) is 10.4. The molecule has 0 aliphatic carbocycles. The zero-order chi connectivity index (χ0) is 9.90. The summed E-state index contributed by atoms with van der Waals surface area (Å²) in [5.41, 5.74) is -0.142. The van der Waals surface area contributed by atoms with Crippen LogP contribution in [-0.4, -0.2) is 6.61 Å². The summed E-state index contributed by atoms with van der Waals surface area (Å²) in [5, 5.41) is 0. The molecule has 0 fully saturated rings. The van der Waals surface area contributed by atoms with E-state index in [4.69, 9.17) is 4.74 Å². The van der Waals surface area contributed by atoms with Crippen LogP contribution in [0, 0.1) is 0 Å². The van der Waals surface area contributed by atoms with Gasteiger partial charge in [-0.25, -0.2) is 0 Å². The zero-order valence-electron chi connectivity index (χ0n) is 7.06. The molecule has 0 radical (unpaired) electrons. The van der Waals surface area contributed by atoms with Gasteiger partial charge >= 0.3 is 4.83 Å². The molecule has 0 aromatic heterocycles. The fourth-order valence-electron chi connectivity index (χ4n) is 0.982. The lowest BCUT2D eigenvalue weighted by Crippen LogP contribution is -2.06. The predicted molar refractivity (Wildman–Crippen MR) is 50.4 cm³/mol. The molecule has 0 atom stereocenters. The number of hydrogen-bond donors (Lipinski definition) is 0. The molecule has 1 aromatic rings. The summed E-state index contributed by atoms with van der Waals surface area (Å²) in [6.45, 7) is 2.13. The molecule has 0 aliphatic heterocycles. The zero-order valence-corrected chi connectivity index (χ0v) is 8.64. The van der Waals surface area contributed by atoms with E-state index in [0.29, 0.717) is 6.61 Å². The van der Waals surface area contributed by atoms with Gasteiger partial charge in [0.25, 0.3) is 0 Å². The summed E-state index contributed by atoms with van der Waals surface area (Å²) in [6, 6.07) is 6.06. The van der Waals surface area contributed by atoms with Crippen molar-refractivity contribution in [3.05, 3.63) is 29.8 Å². The lowest BCUT2D eigenvalue weighted by molar-refractivity contribution is 0.110. The molecule has 13 heavy (non-hydrogen) atoms. The van der Waals surface area contributed by atoms with Gasteiger partial charge in [-0.3, -0.25) is 0 Å². The van der Waals surface area contributed by atoms with E-state index in [1.54, 1.807) is 19.1 Å². The Bertz CT molecular complexity index is 283. The Morgan fingerprint density at radius 3 is 2.54 bits per heavy atom. The molecule has 0 unspecified atom stereocenters. The topological polar surface area (TPSA) is 9.23 Å². The van der Waals surface area contributed by atoms with Crippen molar-refractivity contribution in [2.45, 2.75) is 11.8 Å². The van der Waals surface area contributed by atoms with Gasteiger partial charge in [0, 0.05) is 0 Å². The molecule has 0 bridgehead atoms. The second kappa shape index (κ2) is 4.05. The number of para-hydroxylation sites is 1. The number of rotatable bonds is 3. The highest BCUT2D eigenvalue weighted by Crippen LogP contribution is 2.39. The van der Waals surface area contributed by atoms with Crippen molar-refractivity contribution in [1.82, 2.24) is 0 Å². The Kier molecular flexibility index (Phi) is 3.25. The fourth-order valence-corrected chi connectivity index (χ4v) is 1.31. The van der Waals surface area contributed by atoms with Crippen molar-refractivity contribution in [3.8, 4) is 5.75 Å². The SMILES string of the molecule is CCOc1ccccc1C(F)(F)Br. The minimum Gasteiger partial charge on any atom is -0.493 e. The second-order valence-electron chi connectivity index (χ2n) is 2.43. The van der Waals surface area contributed by atoms with Gasteiger partial charge in [0.1, 0.15) is 5.75 Å². The first-order valence-corrected chi connectivity index (χ1v) is 4.64. The van der Waals surface area contributed by atoms with Crippen molar-refractivity contribution in [3.63, 3.8) is 0 Å². The average Bonchev–Trinajstić information content (AvgIpc) is 2.04. The van der Waals surface area contributed by atoms with E-state index in [9.17, 15) is 8.78 Å². The fraction of sp³-hybridized carbons (Fsp3) is 0.333. The summed E-state index contributed by atoms with van der Waals surface area (Å²) in [6.07, 6.45) is 0. The molecule has 0 heterocycles. The Balaban J connectivity index is 3.05. The van der Waals surface area contributed by atoms with E-state index < -0.39 is 4.83 Å². The van der Waals surface area contributed by atoms with Crippen LogP contribution in [-0.2, 0) is 4.83 Å². The van der Waals surface area contributed by atoms with Crippen molar-refractivity contribution in [1.29, 1.82) is 0 Å². The molecule has 1 aromatic carbocycles. The third-order valence-electron chi connectivity index (χ3n) is 1.49. The van der Waals surface area contributed by atoms with Gasteiger partial charge < -0.3 is 4.74 Å². The third kappa shape index (κ3) is 2.66. The average molecular weight is 251 g/mol. The molecule has 0 saturated heterocycles. The van der Waals surface area contributed by atoms with Gasteiger partial charge in [0.05, 0.1) is 12.2 Å². The quantitative estimate of drug-likeness (QED) is 0.746. The first-order chi connectivity index (χ1) is 6.05. The van der Waals surface area contributed by atoms with Crippen LogP contribution in [0.2, 0.25) is 0 Å². The highest BCUT2D eigenvalue weighted by molar-refractivity contribution is 9.09. The van der Waals surface area contributed by atoms with Crippen LogP contribution in [0.1, 0.15) is 12.5 Å².